The molecular formula is C22H25N5O. The van der Waals surface area contributed by atoms with Gasteiger partial charge in [-0.15, -0.1) is 0 Å². The third kappa shape index (κ3) is 3.84. The summed E-state index contributed by atoms with van der Waals surface area (Å²) in [5.74, 6) is 2.09. The number of piperidine rings is 1. The summed E-state index contributed by atoms with van der Waals surface area (Å²) in [7, 11) is 0. The molecule has 2 aromatic heterocycles. The molecule has 0 spiro atoms. The van der Waals surface area contributed by atoms with E-state index in [0.29, 0.717) is 23.7 Å². The predicted molar refractivity (Wildman–Crippen MR) is 106 cm³/mol. The van der Waals surface area contributed by atoms with Gasteiger partial charge in [0.15, 0.2) is 0 Å². The lowest BCUT2D eigenvalue weighted by Crippen LogP contribution is -2.43. The Bertz CT molecular complexity index is 898. The van der Waals surface area contributed by atoms with Crippen molar-refractivity contribution >= 4 is 0 Å². The average molecular weight is 375 g/mol. The topological polar surface area (TPSA) is 58.3 Å². The highest BCUT2D eigenvalue weighted by atomic mass is 16.5. The van der Waals surface area contributed by atoms with Crippen LogP contribution in [-0.4, -0.2) is 50.6 Å². The van der Waals surface area contributed by atoms with Gasteiger partial charge >= 0.3 is 0 Å². The Labute approximate surface area is 165 Å². The molecule has 2 bridgehead atoms. The molecule has 3 aliphatic heterocycles. The van der Waals surface area contributed by atoms with Crippen LogP contribution in [0.25, 0.3) is 11.4 Å². The van der Waals surface area contributed by atoms with Crippen LogP contribution in [-0.2, 0) is 13.1 Å². The van der Waals surface area contributed by atoms with Crippen LogP contribution in [0.15, 0.2) is 59.4 Å². The van der Waals surface area contributed by atoms with Crippen LogP contribution in [0.2, 0.25) is 0 Å². The monoisotopic (exact) mass is 375 g/mol. The molecule has 0 radical (unpaired) electrons. The van der Waals surface area contributed by atoms with Crippen LogP contribution in [0.4, 0.5) is 0 Å². The number of hydrogen-bond donors (Lipinski definition) is 0. The molecule has 6 rings (SSSR count). The van der Waals surface area contributed by atoms with Gasteiger partial charge in [-0.2, -0.15) is 4.98 Å². The molecule has 28 heavy (non-hydrogen) atoms. The molecule has 0 saturated carbocycles. The second kappa shape index (κ2) is 7.81. The Morgan fingerprint density at radius 3 is 2.75 bits per heavy atom. The predicted octanol–water partition coefficient (Wildman–Crippen LogP) is 3.23. The van der Waals surface area contributed by atoms with Crippen molar-refractivity contribution in [1.29, 1.82) is 0 Å². The van der Waals surface area contributed by atoms with Crippen molar-refractivity contribution in [3.05, 3.63) is 66.3 Å². The van der Waals surface area contributed by atoms with Crippen molar-refractivity contribution in [3.8, 4) is 11.4 Å². The SMILES string of the molecule is c1ccc(-c2noc(CN3C[C@H]4CC[C@@H]3CN(Cc3cccnc3)C4)n2)cc1. The van der Waals surface area contributed by atoms with Crippen molar-refractivity contribution in [1.82, 2.24) is 24.9 Å². The molecule has 2 atom stereocenters. The Morgan fingerprint density at radius 1 is 0.964 bits per heavy atom. The van der Waals surface area contributed by atoms with E-state index in [2.05, 4.69) is 31.0 Å². The van der Waals surface area contributed by atoms with Gasteiger partial charge in [0.1, 0.15) is 0 Å². The number of benzene rings is 1. The molecular weight excluding hydrogens is 350 g/mol. The van der Waals surface area contributed by atoms with Gasteiger partial charge in [0.2, 0.25) is 11.7 Å². The molecule has 144 valence electrons. The maximum Gasteiger partial charge on any atom is 0.241 e. The summed E-state index contributed by atoms with van der Waals surface area (Å²) < 4.78 is 5.57. The highest BCUT2D eigenvalue weighted by Gasteiger charge is 2.35. The second-order valence-electron chi connectivity index (χ2n) is 7.96. The largest absolute Gasteiger partial charge is 0.338 e. The van der Waals surface area contributed by atoms with Crippen LogP contribution >= 0.6 is 0 Å². The molecule has 3 saturated heterocycles. The number of pyridine rings is 1. The highest BCUT2D eigenvalue weighted by molar-refractivity contribution is 5.53. The number of hydrogen-bond acceptors (Lipinski definition) is 6. The first-order chi connectivity index (χ1) is 13.8. The van der Waals surface area contributed by atoms with E-state index in [9.17, 15) is 0 Å². The Morgan fingerprint density at radius 2 is 1.89 bits per heavy atom. The average Bonchev–Trinajstić information content (AvgIpc) is 3.03. The molecule has 6 nitrogen and oxygen atoms in total. The van der Waals surface area contributed by atoms with Crippen LogP contribution in [0.3, 0.4) is 0 Å². The number of rotatable bonds is 5. The zero-order valence-electron chi connectivity index (χ0n) is 15.9. The molecule has 6 heteroatoms. The van der Waals surface area contributed by atoms with Gasteiger partial charge in [-0.1, -0.05) is 41.6 Å². The van der Waals surface area contributed by atoms with E-state index < -0.39 is 0 Å². The molecule has 0 N–H and O–H groups in total. The maximum absolute atomic E-state index is 5.57. The molecule has 0 unspecified atom stereocenters. The first kappa shape index (κ1) is 17.5. The van der Waals surface area contributed by atoms with Crippen molar-refractivity contribution in [2.24, 2.45) is 5.92 Å². The minimum Gasteiger partial charge on any atom is -0.338 e. The zero-order chi connectivity index (χ0) is 18.8. The van der Waals surface area contributed by atoms with Gasteiger partial charge in [0, 0.05) is 50.2 Å². The van der Waals surface area contributed by atoms with E-state index >= 15 is 0 Å². The highest BCUT2D eigenvalue weighted by Crippen LogP contribution is 2.30. The summed E-state index contributed by atoms with van der Waals surface area (Å²) in [4.78, 5) is 14.0. The molecule has 3 fully saturated rings. The Hall–Kier alpha value is -2.57. The number of aromatic nitrogens is 3. The third-order valence-corrected chi connectivity index (χ3v) is 5.87. The van der Waals surface area contributed by atoms with Crippen molar-refractivity contribution in [2.75, 3.05) is 19.6 Å². The first-order valence-corrected chi connectivity index (χ1v) is 10.1. The maximum atomic E-state index is 5.57. The summed E-state index contributed by atoms with van der Waals surface area (Å²) in [6, 6.07) is 14.7. The van der Waals surface area contributed by atoms with Crippen LogP contribution in [0.5, 0.6) is 0 Å². The van der Waals surface area contributed by atoms with E-state index in [1.165, 1.54) is 18.4 Å². The molecule has 0 amide bonds. The molecule has 3 aliphatic rings. The van der Waals surface area contributed by atoms with Gasteiger partial charge in [0.05, 0.1) is 6.54 Å². The normalized spacial score (nSPS) is 23.0. The van der Waals surface area contributed by atoms with Crippen molar-refractivity contribution in [3.63, 3.8) is 0 Å². The van der Waals surface area contributed by atoms with E-state index in [0.717, 1.165) is 38.3 Å². The van der Waals surface area contributed by atoms with Crippen LogP contribution in [0, 0.1) is 5.92 Å². The fourth-order valence-electron chi connectivity index (χ4n) is 4.55. The van der Waals surface area contributed by atoms with Gasteiger partial charge in [0.25, 0.3) is 0 Å². The van der Waals surface area contributed by atoms with Gasteiger partial charge in [-0.25, -0.2) is 0 Å². The molecule has 0 aliphatic carbocycles. The molecule has 1 aromatic carbocycles. The Balaban J connectivity index is 1.26. The summed E-state index contributed by atoms with van der Waals surface area (Å²) in [5.41, 5.74) is 2.29. The van der Waals surface area contributed by atoms with Crippen LogP contribution < -0.4 is 0 Å². The standard InChI is InChI=1S/C22H25N5O/c1-2-6-19(7-3-1)22-24-21(28-25-22)16-27-14-18-8-9-20(27)15-26(13-18)12-17-5-4-10-23-11-17/h1-7,10-11,18,20H,8-9,12-16H2/t18-,20+/m0/s1. The Kier molecular flexibility index (Phi) is 4.89. The van der Waals surface area contributed by atoms with Crippen molar-refractivity contribution in [2.45, 2.75) is 32.0 Å². The second-order valence-corrected chi connectivity index (χ2v) is 7.96. The minimum atomic E-state index is 0.544. The van der Waals surface area contributed by atoms with Gasteiger partial charge < -0.3 is 4.52 Å². The first-order valence-electron chi connectivity index (χ1n) is 10.1. The van der Waals surface area contributed by atoms with E-state index in [4.69, 9.17) is 4.52 Å². The minimum absolute atomic E-state index is 0.544. The van der Waals surface area contributed by atoms with E-state index in [-0.39, 0.29) is 0 Å². The molecule has 5 heterocycles. The summed E-state index contributed by atoms with van der Waals surface area (Å²) in [5, 5.41) is 4.18. The quantitative estimate of drug-likeness (QED) is 0.682. The number of nitrogens with zero attached hydrogens (tertiary/aromatic N) is 5. The van der Waals surface area contributed by atoms with Gasteiger partial charge in [-0.3, -0.25) is 14.8 Å². The van der Waals surface area contributed by atoms with E-state index in [1.54, 1.807) is 0 Å². The fourth-order valence-corrected chi connectivity index (χ4v) is 4.55. The third-order valence-electron chi connectivity index (χ3n) is 5.87. The fraction of sp³-hybridized carbons (Fsp3) is 0.409. The van der Waals surface area contributed by atoms with E-state index in [1.807, 2.05) is 48.8 Å². The summed E-state index contributed by atoms with van der Waals surface area (Å²) in [6.07, 6.45) is 6.37. The lowest BCUT2D eigenvalue weighted by molar-refractivity contribution is 0.109. The lowest BCUT2D eigenvalue weighted by Gasteiger charge is -2.35. The summed E-state index contributed by atoms with van der Waals surface area (Å²) in [6.45, 7) is 5.07. The zero-order valence-corrected chi connectivity index (χ0v) is 15.9. The van der Waals surface area contributed by atoms with Crippen LogP contribution in [0.1, 0.15) is 24.3 Å². The summed E-state index contributed by atoms with van der Waals surface area (Å²) >= 11 is 0. The lowest BCUT2D eigenvalue weighted by atomic mass is 9.95. The molecule has 3 aromatic rings. The smallest absolute Gasteiger partial charge is 0.241 e. The number of fused-ring (bicyclic) bond motifs is 4. The van der Waals surface area contributed by atoms with Crippen molar-refractivity contribution < 1.29 is 4.52 Å². The van der Waals surface area contributed by atoms with Gasteiger partial charge in [-0.05, 0) is 30.4 Å².